The third kappa shape index (κ3) is 3.74. The van der Waals surface area contributed by atoms with Crippen LogP contribution in [0, 0.1) is 11.3 Å². The maximum Gasteiger partial charge on any atom is 0.268 e. The molecular formula is C9H9F2N3O2. The molecule has 7 heteroatoms. The fourth-order valence-corrected chi connectivity index (χ4v) is 0.980. The number of alkyl halides is 2. The number of H-pyrrole nitrogens is 1. The van der Waals surface area contributed by atoms with Crippen LogP contribution in [0.2, 0.25) is 0 Å². The predicted octanol–water partition coefficient (Wildman–Crippen LogP) is 0.466. The zero-order valence-electron chi connectivity index (χ0n) is 8.24. The van der Waals surface area contributed by atoms with Gasteiger partial charge in [0.05, 0.1) is 12.8 Å². The van der Waals surface area contributed by atoms with Gasteiger partial charge >= 0.3 is 0 Å². The van der Waals surface area contributed by atoms with Gasteiger partial charge in [-0.05, 0) is 0 Å². The zero-order chi connectivity index (χ0) is 12.0. The maximum absolute atomic E-state index is 11.7. The molecule has 5 nitrogen and oxygen atoms in total. The van der Waals surface area contributed by atoms with Gasteiger partial charge in [-0.3, -0.25) is 4.79 Å². The van der Waals surface area contributed by atoms with Crippen molar-refractivity contribution in [2.45, 2.75) is 12.8 Å². The minimum Gasteiger partial charge on any atom is -0.375 e. The maximum atomic E-state index is 11.7. The summed E-state index contributed by atoms with van der Waals surface area (Å²) in [7, 11) is 0. The van der Waals surface area contributed by atoms with Gasteiger partial charge in [0.1, 0.15) is 24.1 Å². The highest BCUT2D eigenvalue weighted by molar-refractivity contribution is 5.21. The van der Waals surface area contributed by atoms with Crippen LogP contribution >= 0.6 is 0 Å². The second-order valence-corrected chi connectivity index (χ2v) is 2.90. The molecule has 0 amide bonds. The lowest BCUT2D eigenvalue weighted by molar-refractivity contribution is 0.0182. The number of hydrogen-bond acceptors (Lipinski definition) is 4. The molecule has 16 heavy (non-hydrogen) atoms. The van der Waals surface area contributed by atoms with Crippen LogP contribution in [0.25, 0.3) is 0 Å². The van der Waals surface area contributed by atoms with Crippen molar-refractivity contribution in [2.24, 2.45) is 0 Å². The van der Waals surface area contributed by atoms with Crippen molar-refractivity contribution >= 4 is 0 Å². The van der Waals surface area contributed by atoms with Gasteiger partial charge in [0, 0.05) is 6.42 Å². The Morgan fingerprint density at radius 3 is 2.94 bits per heavy atom. The fourth-order valence-electron chi connectivity index (χ4n) is 0.980. The van der Waals surface area contributed by atoms with Crippen LogP contribution in [0.5, 0.6) is 0 Å². The van der Waals surface area contributed by atoms with Crippen LogP contribution in [-0.4, -0.2) is 29.6 Å². The minimum absolute atomic E-state index is 0.0409. The van der Waals surface area contributed by atoms with Crippen LogP contribution in [0.1, 0.15) is 11.4 Å². The summed E-state index contributed by atoms with van der Waals surface area (Å²) in [5, 5.41) is 8.47. The number of nitriles is 1. The number of ether oxygens (including phenoxy) is 1. The molecule has 1 aromatic rings. The van der Waals surface area contributed by atoms with Gasteiger partial charge < -0.3 is 9.72 Å². The summed E-state index contributed by atoms with van der Waals surface area (Å²) in [6, 6.07) is 1.67. The van der Waals surface area contributed by atoms with E-state index >= 15 is 0 Å². The lowest BCUT2D eigenvalue weighted by Crippen LogP contribution is -2.16. The molecule has 0 aromatic carbocycles. The van der Waals surface area contributed by atoms with Crippen LogP contribution in [-0.2, 0) is 11.2 Å². The van der Waals surface area contributed by atoms with Crippen LogP contribution in [0.4, 0.5) is 8.78 Å². The summed E-state index contributed by atoms with van der Waals surface area (Å²) >= 11 is 0. The standard InChI is InChI=1S/C9H9F2N3O2/c10-7(11)5-16-2-1-8-13-4-6(3-12)9(15)14-8/h4,7H,1-2,5H2,(H,13,14,15). The van der Waals surface area contributed by atoms with E-state index in [4.69, 9.17) is 5.26 Å². The molecule has 1 rings (SSSR count). The molecule has 0 saturated carbocycles. The van der Waals surface area contributed by atoms with E-state index in [9.17, 15) is 13.6 Å². The monoisotopic (exact) mass is 229 g/mol. The smallest absolute Gasteiger partial charge is 0.268 e. The second kappa shape index (κ2) is 5.92. The van der Waals surface area contributed by atoms with Crippen LogP contribution in [0.15, 0.2) is 11.0 Å². The van der Waals surface area contributed by atoms with Gasteiger partial charge in [-0.15, -0.1) is 0 Å². The summed E-state index contributed by atoms with van der Waals surface area (Å²) < 4.78 is 28.0. The summed E-state index contributed by atoms with van der Waals surface area (Å²) in [5.74, 6) is 0.304. The molecule has 86 valence electrons. The lowest BCUT2D eigenvalue weighted by atomic mass is 10.3. The van der Waals surface area contributed by atoms with Crippen molar-refractivity contribution in [1.82, 2.24) is 9.97 Å². The van der Waals surface area contributed by atoms with Gasteiger partial charge in [0.15, 0.2) is 0 Å². The van der Waals surface area contributed by atoms with Gasteiger partial charge in [-0.2, -0.15) is 5.26 Å². The molecule has 0 radical (unpaired) electrons. The molecule has 0 atom stereocenters. The zero-order valence-corrected chi connectivity index (χ0v) is 8.24. The first-order valence-electron chi connectivity index (χ1n) is 4.47. The van der Waals surface area contributed by atoms with Crippen LogP contribution in [0.3, 0.4) is 0 Å². The third-order valence-electron chi connectivity index (χ3n) is 1.70. The summed E-state index contributed by atoms with van der Waals surface area (Å²) in [6.45, 7) is -0.598. The Balaban J connectivity index is 2.47. The molecule has 0 saturated heterocycles. The molecule has 1 aromatic heterocycles. The van der Waals surface area contributed by atoms with Crippen molar-refractivity contribution < 1.29 is 13.5 Å². The number of aromatic nitrogens is 2. The van der Waals surface area contributed by atoms with E-state index in [2.05, 4.69) is 14.7 Å². The SMILES string of the molecule is N#Cc1cnc(CCOCC(F)F)[nH]c1=O. The first kappa shape index (κ1) is 12.3. The Labute approximate surface area is 89.7 Å². The highest BCUT2D eigenvalue weighted by atomic mass is 19.3. The molecule has 0 aliphatic heterocycles. The molecule has 0 unspecified atom stereocenters. The van der Waals surface area contributed by atoms with E-state index in [1.807, 2.05) is 0 Å². The van der Waals surface area contributed by atoms with Crippen molar-refractivity contribution in [3.63, 3.8) is 0 Å². The van der Waals surface area contributed by atoms with Gasteiger partial charge in [-0.25, -0.2) is 13.8 Å². The predicted molar refractivity (Wildman–Crippen MR) is 50.1 cm³/mol. The average molecular weight is 229 g/mol. The molecule has 1 N–H and O–H groups in total. The number of nitrogens with zero attached hydrogens (tertiary/aromatic N) is 2. The summed E-state index contributed by atoms with van der Waals surface area (Å²) in [4.78, 5) is 17.3. The van der Waals surface area contributed by atoms with E-state index in [0.717, 1.165) is 6.20 Å². The first-order valence-corrected chi connectivity index (χ1v) is 4.47. The molecule has 0 aliphatic rings. The summed E-state index contributed by atoms with van der Waals surface area (Å²) in [5.41, 5.74) is -0.626. The van der Waals surface area contributed by atoms with E-state index < -0.39 is 18.6 Å². The average Bonchev–Trinajstić information content (AvgIpc) is 2.24. The van der Waals surface area contributed by atoms with Crippen molar-refractivity contribution in [3.05, 3.63) is 27.9 Å². The van der Waals surface area contributed by atoms with Gasteiger partial charge in [0.2, 0.25) is 0 Å². The van der Waals surface area contributed by atoms with E-state index in [-0.39, 0.29) is 18.6 Å². The molecule has 0 spiro atoms. The van der Waals surface area contributed by atoms with E-state index in [0.29, 0.717) is 5.82 Å². The Hall–Kier alpha value is -1.81. The molecule has 0 bridgehead atoms. The van der Waals surface area contributed by atoms with Crippen molar-refractivity contribution in [3.8, 4) is 6.07 Å². The highest BCUT2D eigenvalue weighted by Crippen LogP contribution is 1.95. The Morgan fingerprint density at radius 2 is 2.38 bits per heavy atom. The molecular weight excluding hydrogens is 220 g/mol. The van der Waals surface area contributed by atoms with Crippen molar-refractivity contribution in [1.29, 1.82) is 5.26 Å². The highest BCUT2D eigenvalue weighted by Gasteiger charge is 2.04. The number of halogens is 2. The molecule has 1 heterocycles. The van der Waals surface area contributed by atoms with Crippen LogP contribution < -0.4 is 5.56 Å². The Kier molecular flexibility index (Phi) is 4.54. The van der Waals surface area contributed by atoms with Gasteiger partial charge in [0.25, 0.3) is 12.0 Å². The van der Waals surface area contributed by atoms with E-state index in [1.165, 1.54) is 0 Å². The minimum atomic E-state index is -2.51. The topological polar surface area (TPSA) is 78.8 Å². The quantitative estimate of drug-likeness (QED) is 0.744. The summed E-state index contributed by atoms with van der Waals surface area (Å²) in [6.07, 6.45) is -1.15. The lowest BCUT2D eigenvalue weighted by Gasteiger charge is -2.02. The number of hydrogen-bond donors (Lipinski definition) is 1. The molecule has 0 fully saturated rings. The Bertz CT molecular complexity index is 439. The largest absolute Gasteiger partial charge is 0.375 e. The normalized spacial score (nSPS) is 10.4. The number of nitrogens with one attached hydrogen (secondary N) is 1. The fraction of sp³-hybridized carbons (Fsp3) is 0.444. The third-order valence-corrected chi connectivity index (χ3v) is 1.70. The Morgan fingerprint density at radius 1 is 1.62 bits per heavy atom. The number of rotatable bonds is 5. The second-order valence-electron chi connectivity index (χ2n) is 2.90. The molecule has 0 aliphatic carbocycles. The first-order chi connectivity index (χ1) is 7.63. The van der Waals surface area contributed by atoms with Gasteiger partial charge in [-0.1, -0.05) is 0 Å². The van der Waals surface area contributed by atoms with E-state index in [1.54, 1.807) is 6.07 Å². The van der Waals surface area contributed by atoms with Crippen molar-refractivity contribution in [2.75, 3.05) is 13.2 Å². The number of aromatic amines is 1.